The molecule has 1 aliphatic carbocycles. The highest BCUT2D eigenvalue weighted by atomic mass is 15.4. The summed E-state index contributed by atoms with van der Waals surface area (Å²) in [4.78, 5) is 0. The molecule has 0 atom stereocenters. The third-order valence-corrected chi connectivity index (χ3v) is 3.78. The monoisotopic (exact) mass is 270 g/mol. The van der Waals surface area contributed by atoms with Gasteiger partial charge < -0.3 is 5.32 Å². The number of nitrogens with zero attached hydrogens (tertiary/aromatic N) is 3. The van der Waals surface area contributed by atoms with Gasteiger partial charge in [-0.1, -0.05) is 37.3 Å². The molecule has 1 saturated carbocycles. The Labute approximate surface area is 120 Å². The predicted molar refractivity (Wildman–Crippen MR) is 79.9 cm³/mol. The maximum Gasteiger partial charge on any atom is 0.0969 e. The van der Waals surface area contributed by atoms with Gasteiger partial charge in [0, 0.05) is 6.54 Å². The van der Waals surface area contributed by atoms with Crippen LogP contribution in [-0.2, 0) is 6.54 Å². The van der Waals surface area contributed by atoms with Crippen molar-refractivity contribution >= 4 is 0 Å². The molecule has 4 heteroatoms. The van der Waals surface area contributed by atoms with Gasteiger partial charge in [0.25, 0.3) is 0 Å². The molecule has 0 saturated heterocycles. The lowest BCUT2D eigenvalue weighted by atomic mass is 10.0. The van der Waals surface area contributed by atoms with Gasteiger partial charge in [-0.05, 0) is 42.9 Å². The molecule has 1 aromatic carbocycles. The molecular weight excluding hydrogens is 248 g/mol. The maximum absolute atomic E-state index is 4.27. The van der Waals surface area contributed by atoms with Crippen LogP contribution in [0.2, 0.25) is 0 Å². The standard InChI is InChI=1S/C16H22N4/c1-12(2)15-5-3-4-6-16(15)20-11-14(18-19-20)10-17-9-13-7-8-13/h3-6,11-13,17H,7-10H2,1-2H3. The maximum atomic E-state index is 4.27. The molecule has 0 bridgehead atoms. The summed E-state index contributed by atoms with van der Waals surface area (Å²) in [5.41, 5.74) is 3.43. The molecule has 1 N–H and O–H groups in total. The van der Waals surface area contributed by atoms with Gasteiger partial charge in [0.2, 0.25) is 0 Å². The van der Waals surface area contributed by atoms with Crippen molar-refractivity contribution in [1.29, 1.82) is 0 Å². The summed E-state index contributed by atoms with van der Waals surface area (Å²) in [6.07, 6.45) is 4.78. The smallest absolute Gasteiger partial charge is 0.0969 e. The molecule has 0 radical (unpaired) electrons. The average molecular weight is 270 g/mol. The van der Waals surface area contributed by atoms with Gasteiger partial charge in [0.1, 0.15) is 0 Å². The van der Waals surface area contributed by atoms with Crippen molar-refractivity contribution < 1.29 is 0 Å². The summed E-state index contributed by atoms with van der Waals surface area (Å²) in [6.45, 7) is 6.32. The molecule has 1 aliphatic rings. The van der Waals surface area contributed by atoms with E-state index in [-0.39, 0.29) is 0 Å². The number of rotatable bonds is 6. The molecule has 20 heavy (non-hydrogen) atoms. The lowest BCUT2D eigenvalue weighted by Crippen LogP contribution is -2.16. The highest BCUT2D eigenvalue weighted by molar-refractivity contribution is 5.42. The molecular formula is C16H22N4. The zero-order valence-corrected chi connectivity index (χ0v) is 12.2. The van der Waals surface area contributed by atoms with Crippen molar-refractivity contribution in [2.45, 2.75) is 39.2 Å². The van der Waals surface area contributed by atoms with E-state index in [2.05, 4.69) is 47.7 Å². The first-order valence-electron chi connectivity index (χ1n) is 7.45. The minimum Gasteiger partial charge on any atom is -0.311 e. The summed E-state index contributed by atoms with van der Waals surface area (Å²) < 4.78 is 1.89. The quantitative estimate of drug-likeness (QED) is 0.877. The summed E-state index contributed by atoms with van der Waals surface area (Å²) in [5.74, 6) is 1.37. The lowest BCUT2D eigenvalue weighted by molar-refractivity contribution is 0.628. The highest BCUT2D eigenvalue weighted by Crippen LogP contribution is 2.27. The van der Waals surface area contributed by atoms with E-state index in [0.717, 1.165) is 30.4 Å². The molecule has 4 nitrogen and oxygen atoms in total. The SMILES string of the molecule is CC(C)c1ccccc1-n1cc(CNCC2CC2)nn1. The van der Waals surface area contributed by atoms with Crippen LogP contribution in [0.4, 0.5) is 0 Å². The van der Waals surface area contributed by atoms with Gasteiger partial charge in [0.15, 0.2) is 0 Å². The normalized spacial score (nSPS) is 14.9. The fourth-order valence-corrected chi connectivity index (χ4v) is 2.41. The van der Waals surface area contributed by atoms with E-state index in [9.17, 15) is 0 Å². The summed E-state index contributed by atoms with van der Waals surface area (Å²) in [5, 5.41) is 12.0. The van der Waals surface area contributed by atoms with E-state index < -0.39 is 0 Å². The van der Waals surface area contributed by atoms with Gasteiger partial charge in [0.05, 0.1) is 17.6 Å². The van der Waals surface area contributed by atoms with Gasteiger partial charge in [-0.3, -0.25) is 0 Å². The van der Waals surface area contributed by atoms with Crippen LogP contribution >= 0.6 is 0 Å². The van der Waals surface area contributed by atoms with Gasteiger partial charge >= 0.3 is 0 Å². The first-order valence-corrected chi connectivity index (χ1v) is 7.45. The third kappa shape index (κ3) is 3.07. The summed E-state index contributed by atoms with van der Waals surface area (Å²) in [6, 6.07) is 8.39. The van der Waals surface area contributed by atoms with E-state index >= 15 is 0 Å². The zero-order chi connectivity index (χ0) is 13.9. The number of nitrogens with one attached hydrogen (secondary N) is 1. The van der Waals surface area contributed by atoms with Crippen LogP contribution in [0.25, 0.3) is 5.69 Å². The first-order chi connectivity index (χ1) is 9.74. The second kappa shape index (κ2) is 5.75. The fraction of sp³-hybridized carbons (Fsp3) is 0.500. The van der Waals surface area contributed by atoms with Crippen molar-refractivity contribution in [3.63, 3.8) is 0 Å². The minimum absolute atomic E-state index is 0.479. The van der Waals surface area contributed by atoms with Crippen LogP contribution in [0.3, 0.4) is 0 Å². The van der Waals surface area contributed by atoms with Crippen molar-refractivity contribution in [3.05, 3.63) is 41.7 Å². The molecule has 3 rings (SSSR count). The second-order valence-electron chi connectivity index (χ2n) is 5.94. The molecule has 1 fully saturated rings. The topological polar surface area (TPSA) is 42.7 Å². The lowest BCUT2D eigenvalue weighted by Gasteiger charge is -2.11. The van der Waals surface area contributed by atoms with Crippen molar-refractivity contribution in [2.75, 3.05) is 6.54 Å². The Bertz CT molecular complexity index is 569. The van der Waals surface area contributed by atoms with Gasteiger partial charge in [-0.2, -0.15) is 0 Å². The van der Waals surface area contributed by atoms with Crippen LogP contribution < -0.4 is 5.32 Å². The molecule has 1 heterocycles. The predicted octanol–water partition coefficient (Wildman–Crippen LogP) is 2.89. The van der Waals surface area contributed by atoms with Crippen LogP contribution in [0.15, 0.2) is 30.5 Å². The Morgan fingerprint density at radius 3 is 2.85 bits per heavy atom. The number of benzene rings is 1. The molecule has 0 amide bonds. The molecule has 0 aliphatic heterocycles. The van der Waals surface area contributed by atoms with E-state index in [1.54, 1.807) is 0 Å². The Morgan fingerprint density at radius 2 is 2.10 bits per heavy atom. The number of para-hydroxylation sites is 1. The van der Waals surface area contributed by atoms with E-state index in [4.69, 9.17) is 0 Å². The van der Waals surface area contributed by atoms with Gasteiger partial charge in [-0.15, -0.1) is 5.10 Å². The molecule has 106 valence electrons. The summed E-state index contributed by atoms with van der Waals surface area (Å²) in [7, 11) is 0. The van der Waals surface area contributed by atoms with E-state index in [1.165, 1.54) is 18.4 Å². The summed E-state index contributed by atoms with van der Waals surface area (Å²) >= 11 is 0. The second-order valence-corrected chi connectivity index (χ2v) is 5.94. The number of hydrogen-bond donors (Lipinski definition) is 1. The van der Waals surface area contributed by atoms with Crippen LogP contribution in [0.1, 0.15) is 43.9 Å². The molecule has 2 aromatic rings. The zero-order valence-electron chi connectivity index (χ0n) is 12.2. The third-order valence-electron chi connectivity index (χ3n) is 3.78. The first kappa shape index (κ1) is 13.3. The van der Waals surface area contributed by atoms with Crippen molar-refractivity contribution in [1.82, 2.24) is 20.3 Å². The Hall–Kier alpha value is -1.68. The van der Waals surface area contributed by atoms with E-state index in [0.29, 0.717) is 5.92 Å². The van der Waals surface area contributed by atoms with Crippen molar-refractivity contribution in [2.24, 2.45) is 5.92 Å². The largest absolute Gasteiger partial charge is 0.311 e. The Kier molecular flexibility index (Phi) is 3.83. The molecule has 0 unspecified atom stereocenters. The van der Waals surface area contributed by atoms with Crippen molar-refractivity contribution in [3.8, 4) is 5.69 Å². The van der Waals surface area contributed by atoms with Crippen LogP contribution in [0, 0.1) is 5.92 Å². The van der Waals surface area contributed by atoms with E-state index in [1.807, 2.05) is 16.9 Å². The number of aromatic nitrogens is 3. The minimum atomic E-state index is 0.479. The average Bonchev–Trinajstić information content (AvgIpc) is 3.15. The van der Waals surface area contributed by atoms with Gasteiger partial charge in [-0.25, -0.2) is 4.68 Å². The van der Waals surface area contributed by atoms with Crippen LogP contribution in [0.5, 0.6) is 0 Å². The molecule has 1 aromatic heterocycles. The highest BCUT2D eigenvalue weighted by Gasteiger charge is 2.20. The Morgan fingerprint density at radius 1 is 1.30 bits per heavy atom. The number of hydrogen-bond acceptors (Lipinski definition) is 3. The van der Waals surface area contributed by atoms with Crippen LogP contribution in [-0.4, -0.2) is 21.5 Å². The fourth-order valence-electron chi connectivity index (χ4n) is 2.41. The Balaban J connectivity index is 1.72. The molecule has 0 spiro atoms.